The Hall–Kier alpha value is -4.10. The minimum absolute atomic E-state index is 0.165. The summed E-state index contributed by atoms with van der Waals surface area (Å²) in [4.78, 5) is 32.3. The molecule has 4 aromatic rings. The third-order valence-electron chi connectivity index (χ3n) is 5.93. The lowest BCUT2D eigenvalue weighted by Gasteiger charge is -2.25. The Morgan fingerprint density at radius 2 is 1.75 bits per heavy atom. The fourth-order valence-electron chi connectivity index (χ4n) is 4.21. The van der Waals surface area contributed by atoms with E-state index in [4.69, 9.17) is 9.73 Å². The highest BCUT2D eigenvalue weighted by Crippen LogP contribution is 2.35. The van der Waals surface area contributed by atoms with Gasteiger partial charge in [-0.2, -0.15) is 0 Å². The van der Waals surface area contributed by atoms with Gasteiger partial charge in [-0.25, -0.2) is 14.2 Å². The van der Waals surface area contributed by atoms with Crippen molar-refractivity contribution in [3.8, 4) is 0 Å². The Balaban J connectivity index is 1.82. The molecule has 5 rings (SSSR count). The molecule has 0 spiro atoms. The van der Waals surface area contributed by atoms with Crippen LogP contribution in [-0.4, -0.2) is 17.1 Å². The van der Waals surface area contributed by atoms with E-state index in [0.717, 1.165) is 16.7 Å². The topological polar surface area (TPSA) is 60.7 Å². The summed E-state index contributed by atoms with van der Waals surface area (Å²) in [6.45, 7) is 3.89. The number of thiazole rings is 1. The van der Waals surface area contributed by atoms with Crippen LogP contribution >= 0.6 is 11.3 Å². The van der Waals surface area contributed by atoms with Gasteiger partial charge in [0.25, 0.3) is 5.56 Å². The average Bonchev–Trinajstić information content (AvgIpc) is 3.20. The molecule has 0 saturated heterocycles. The number of carbonyl (C=O) groups is 1. The standard InChI is InChI=1S/C29H23FN2O3S/c1-3-35-28(34)24-25(20-7-5-4-6-8-20)31-29-32(26(24)21-13-15-22(30)16-14-21)27(33)23(36-29)17-19-11-9-18(2)10-12-19/h4-17,26H,3H2,1-2H3/b23-17-/t26-/m1/s1. The van der Waals surface area contributed by atoms with Crippen molar-refractivity contribution >= 4 is 29.1 Å². The summed E-state index contributed by atoms with van der Waals surface area (Å²) in [5.74, 6) is -0.974. The molecule has 180 valence electrons. The van der Waals surface area contributed by atoms with E-state index in [2.05, 4.69) is 0 Å². The zero-order valence-corrected chi connectivity index (χ0v) is 20.6. The summed E-state index contributed by atoms with van der Waals surface area (Å²) in [7, 11) is 0. The first-order chi connectivity index (χ1) is 17.5. The first-order valence-corrected chi connectivity index (χ1v) is 12.4. The molecule has 1 atom stereocenters. The van der Waals surface area contributed by atoms with Gasteiger partial charge in [0.2, 0.25) is 0 Å². The Bertz CT molecular complexity index is 1630. The maximum atomic E-state index is 13.8. The molecule has 0 unspecified atom stereocenters. The molecule has 3 aromatic carbocycles. The van der Waals surface area contributed by atoms with E-state index in [-0.39, 0.29) is 17.7 Å². The molecule has 5 nitrogen and oxygen atoms in total. The lowest BCUT2D eigenvalue weighted by Crippen LogP contribution is -2.40. The van der Waals surface area contributed by atoms with Crippen molar-refractivity contribution in [3.05, 3.63) is 132 Å². The molecule has 2 heterocycles. The summed E-state index contributed by atoms with van der Waals surface area (Å²) in [6, 6.07) is 22.2. The number of esters is 1. The van der Waals surface area contributed by atoms with Crippen LogP contribution in [-0.2, 0) is 9.53 Å². The summed E-state index contributed by atoms with van der Waals surface area (Å²) in [5.41, 5.74) is 3.72. The molecule has 7 heteroatoms. The van der Waals surface area contributed by atoms with Gasteiger partial charge in [0.05, 0.1) is 28.5 Å². The molecule has 0 amide bonds. The fourth-order valence-corrected chi connectivity index (χ4v) is 5.22. The van der Waals surface area contributed by atoms with E-state index in [9.17, 15) is 14.0 Å². The number of hydrogen-bond donors (Lipinski definition) is 0. The summed E-state index contributed by atoms with van der Waals surface area (Å²) < 4.78 is 21.3. The Labute approximate surface area is 211 Å². The van der Waals surface area contributed by atoms with Crippen LogP contribution in [0.5, 0.6) is 0 Å². The lowest BCUT2D eigenvalue weighted by molar-refractivity contribution is -0.138. The molecule has 0 fully saturated rings. The van der Waals surface area contributed by atoms with Crippen LogP contribution in [0.15, 0.2) is 94.2 Å². The van der Waals surface area contributed by atoms with Crippen molar-refractivity contribution in [2.75, 3.05) is 6.61 Å². The molecule has 1 aliphatic heterocycles. The van der Waals surface area contributed by atoms with Crippen molar-refractivity contribution in [3.63, 3.8) is 0 Å². The normalized spacial score (nSPS) is 15.4. The predicted molar refractivity (Wildman–Crippen MR) is 139 cm³/mol. The quantitative estimate of drug-likeness (QED) is 0.384. The van der Waals surface area contributed by atoms with Gasteiger partial charge < -0.3 is 4.74 Å². The van der Waals surface area contributed by atoms with E-state index in [0.29, 0.717) is 20.6 Å². The Kier molecular flexibility index (Phi) is 6.48. The highest BCUT2D eigenvalue weighted by molar-refractivity contribution is 7.07. The molecular formula is C29H23FN2O3S. The van der Waals surface area contributed by atoms with Crippen LogP contribution in [0.1, 0.15) is 35.2 Å². The van der Waals surface area contributed by atoms with E-state index >= 15 is 0 Å². The molecule has 0 saturated carbocycles. The number of nitrogens with zero attached hydrogens (tertiary/aromatic N) is 2. The third-order valence-corrected chi connectivity index (χ3v) is 6.92. The van der Waals surface area contributed by atoms with Gasteiger partial charge in [0, 0.05) is 5.56 Å². The summed E-state index contributed by atoms with van der Waals surface area (Å²) in [5, 5.41) is 0. The monoisotopic (exact) mass is 498 g/mol. The van der Waals surface area contributed by atoms with Crippen LogP contribution in [0.4, 0.5) is 4.39 Å². The zero-order valence-electron chi connectivity index (χ0n) is 19.8. The number of halogens is 1. The van der Waals surface area contributed by atoms with Gasteiger partial charge >= 0.3 is 5.97 Å². The summed E-state index contributed by atoms with van der Waals surface area (Å²) >= 11 is 1.26. The van der Waals surface area contributed by atoms with E-state index in [1.54, 1.807) is 19.1 Å². The number of rotatable bonds is 5. The van der Waals surface area contributed by atoms with E-state index < -0.39 is 17.8 Å². The minimum Gasteiger partial charge on any atom is -0.463 e. The van der Waals surface area contributed by atoms with Crippen molar-refractivity contribution < 1.29 is 13.9 Å². The van der Waals surface area contributed by atoms with Gasteiger partial charge in [0.1, 0.15) is 5.82 Å². The number of aryl methyl sites for hydroxylation is 1. The number of fused-ring (bicyclic) bond motifs is 1. The van der Waals surface area contributed by atoms with Gasteiger partial charge in [-0.1, -0.05) is 83.6 Å². The highest BCUT2D eigenvalue weighted by Gasteiger charge is 2.35. The van der Waals surface area contributed by atoms with Gasteiger partial charge in [0.15, 0.2) is 4.80 Å². The fraction of sp³-hybridized carbons (Fsp3) is 0.138. The van der Waals surface area contributed by atoms with Gasteiger partial charge in [-0.3, -0.25) is 9.36 Å². The zero-order chi connectivity index (χ0) is 25.2. The number of aromatic nitrogens is 1. The SMILES string of the molecule is CCOC(=O)C1=C(c2ccccc2)N=c2s/c(=C\c3ccc(C)cc3)c(=O)n2[C@@H]1c1ccc(F)cc1. The summed E-state index contributed by atoms with van der Waals surface area (Å²) in [6.07, 6.45) is 1.82. The first-order valence-electron chi connectivity index (χ1n) is 11.6. The first kappa shape index (κ1) is 23.6. The van der Waals surface area contributed by atoms with Crippen LogP contribution in [0, 0.1) is 12.7 Å². The second kappa shape index (κ2) is 9.87. The van der Waals surface area contributed by atoms with Crippen molar-refractivity contribution in [2.45, 2.75) is 19.9 Å². The number of benzene rings is 3. The molecule has 0 N–H and O–H groups in total. The molecule has 0 radical (unpaired) electrons. The molecule has 0 aliphatic carbocycles. The number of ether oxygens (including phenoxy) is 1. The number of carbonyl (C=O) groups excluding carboxylic acids is 1. The minimum atomic E-state index is -0.823. The van der Waals surface area contributed by atoms with Crippen molar-refractivity contribution in [1.82, 2.24) is 4.57 Å². The van der Waals surface area contributed by atoms with Crippen LogP contribution in [0.2, 0.25) is 0 Å². The van der Waals surface area contributed by atoms with Crippen LogP contribution in [0.3, 0.4) is 0 Å². The second-order valence-corrected chi connectivity index (χ2v) is 9.40. The van der Waals surface area contributed by atoms with Gasteiger partial charge in [-0.15, -0.1) is 0 Å². The molecular weight excluding hydrogens is 475 g/mol. The number of hydrogen-bond acceptors (Lipinski definition) is 5. The van der Waals surface area contributed by atoms with Crippen LogP contribution in [0.25, 0.3) is 11.8 Å². The largest absolute Gasteiger partial charge is 0.463 e. The predicted octanol–water partition coefficient (Wildman–Crippen LogP) is 4.38. The molecule has 1 aliphatic rings. The smallest absolute Gasteiger partial charge is 0.338 e. The Morgan fingerprint density at radius 3 is 2.42 bits per heavy atom. The van der Waals surface area contributed by atoms with Crippen LogP contribution < -0.4 is 14.9 Å². The molecule has 36 heavy (non-hydrogen) atoms. The molecule has 0 bridgehead atoms. The van der Waals surface area contributed by atoms with E-state index in [1.807, 2.05) is 67.6 Å². The van der Waals surface area contributed by atoms with E-state index in [1.165, 1.54) is 28.0 Å². The lowest BCUT2D eigenvalue weighted by atomic mass is 9.93. The highest BCUT2D eigenvalue weighted by atomic mass is 32.1. The van der Waals surface area contributed by atoms with Crippen molar-refractivity contribution in [1.29, 1.82) is 0 Å². The van der Waals surface area contributed by atoms with Crippen molar-refractivity contribution in [2.24, 2.45) is 4.99 Å². The van der Waals surface area contributed by atoms with Gasteiger partial charge in [-0.05, 0) is 43.2 Å². The molecule has 1 aromatic heterocycles. The third kappa shape index (κ3) is 4.45. The Morgan fingerprint density at radius 1 is 1.06 bits per heavy atom. The maximum Gasteiger partial charge on any atom is 0.338 e. The average molecular weight is 499 g/mol. The second-order valence-electron chi connectivity index (χ2n) is 8.39. The maximum absolute atomic E-state index is 13.8.